The number of rotatable bonds is 1. The number of aromatic nitrogens is 4. The Morgan fingerprint density at radius 2 is 1.92 bits per heavy atom. The first kappa shape index (κ1) is 6.97. The van der Waals surface area contributed by atoms with Gasteiger partial charge in [0.25, 0.3) is 0 Å². The van der Waals surface area contributed by atoms with E-state index in [1.165, 1.54) is 0 Å². The maximum atomic E-state index is 3.78. The molecular formula is C8H7N4. The monoisotopic (exact) mass is 159 g/mol. The number of hydrogen-bond acceptors (Lipinski definition) is 3. The largest absolute Gasteiger partial charge is 0.239 e. The third-order valence-electron chi connectivity index (χ3n) is 1.57. The molecule has 4 heteroatoms. The van der Waals surface area contributed by atoms with Crippen LogP contribution in [-0.4, -0.2) is 20.6 Å². The first-order chi connectivity index (χ1) is 5.86. The summed E-state index contributed by atoms with van der Waals surface area (Å²) in [5.41, 5.74) is 1.94. The number of H-pyrrole nitrogens is 1. The molecule has 0 saturated carbocycles. The molecule has 0 unspecified atom stereocenters. The smallest absolute Gasteiger partial charge is 0.179 e. The molecular weight excluding hydrogens is 152 g/mol. The highest BCUT2D eigenvalue weighted by atomic mass is 15.5. The zero-order valence-electron chi connectivity index (χ0n) is 6.36. The van der Waals surface area contributed by atoms with Gasteiger partial charge in [-0.05, 0) is 22.9 Å². The SMILES string of the molecule is [CH2]c1ccc(-c2nnn[nH]2)cc1. The van der Waals surface area contributed by atoms with Gasteiger partial charge < -0.3 is 0 Å². The summed E-state index contributed by atoms with van der Waals surface area (Å²) in [6.45, 7) is 3.78. The molecule has 0 aliphatic rings. The van der Waals surface area contributed by atoms with Gasteiger partial charge in [0.1, 0.15) is 0 Å². The molecule has 1 N–H and O–H groups in total. The molecule has 2 aromatic rings. The van der Waals surface area contributed by atoms with Crippen LogP contribution in [0.4, 0.5) is 0 Å². The lowest BCUT2D eigenvalue weighted by Gasteiger charge is -1.94. The second-order valence-corrected chi connectivity index (χ2v) is 2.45. The summed E-state index contributed by atoms with van der Waals surface area (Å²) in [4.78, 5) is 0. The van der Waals surface area contributed by atoms with Crippen molar-refractivity contribution in [1.82, 2.24) is 20.6 Å². The number of nitrogens with zero attached hydrogens (tertiary/aromatic N) is 3. The summed E-state index contributed by atoms with van der Waals surface area (Å²) in [6.07, 6.45) is 0. The molecule has 4 nitrogen and oxygen atoms in total. The Balaban J connectivity index is 2.43. The van der Waals surface area contributed by atoms with Crippen molar-refractivity contribution in [2.45, 2.75) is 0 Å². The molecule has 59 valence electrons. The molecule has 0 atom stereocenters. The highest BCUT2D eigenvalue weighted by Gasteiger charge is 1.98. The lowest BCUT2D eigenvalue weighted by atomic mass is 10.1. The number of nitrogens with one attached hydrogen (secondary N) is 1. The van der Waals surface area contributed by atoms with Crippen LogP contribution in [0.1, 0.15) is 5.56 Å². The molecule has 1 aromatic carbocycles. The summed E-state index contributed by atoms with van der Waals surface area (Å²) in [6, 6.07) is 7.67. The highest BCUT2D eigenvalue weighted by Crippen LogP contribution is 2.12. The van der Waals surface area contributed by atoms with Gasteiger partial charge >= 0.3 is 0 Å². The molecule has 0 saturated heterocycles. The van der Waals surface area contributed by atoms with Crippen LogP contribution in [0.5, 0.6) is 0 Å². The summed E-state index contributed by atoms with van der Waals surface area (Å²) in [7, 11) is 0. The van der Waals surface area contributed by atoms with Crippen LogP contribution in [0.15, 0.2) is 24.3 Å². The van der Waals surface area contributed by atoms with Crippen molar-refractivity contribution in [2.24, 2.45) is 0 Å². The van der Waals surface area contributed by atoms with Gasteiger partial charge in [0.05, 0.1) is 0 Å². The maximum absolute atomic E-state index is 3.78. The van der Waals surface area contributed by atoms with Crippen LogP contribution in [0.3, 0.4) is 0 Å². The lowest BCUT2D eigenvalue weighted by molar-refractivity contribution is 0.881. The van der Waals surface area contributed by atoms with Crippen LogP contribution in [0.25, 0.3) is 11.4 Å². The van der Waals surface area contributed by atoms with E-state index in [-0.39, 0.29) is 0 Å². The third-order valence-corrected chi connectivity index (χ3v) is 1.57. The standard InChI is InChI=1S/C8H7N4/c1-6-2-4-7(5-3-6)8-9-11-12-10-8/h2-5H,1H2,(H,9,10,11,12). The number of tetrazole rings is 1. The Bertz CT molecular complexity index is 349. The van der Waals surface area contributed by atoms with Crippen LogP contribution in [0.2, 0.25) is 0 Å². The van der Waals surface area contributed by atoms with E-state index in [0.29, 0.717) is 5.82 Å². The minimum Gasteiger partial charge on any atom is -0.239 e. The van der Waals surface area contributed by atoms with Crippen molar-refractivity contribution in [3.63, 3.8) is 0 Å². The van der Waals surface area contributed by atoms with Crippen LogP contribution >= 0.6 is 0 Å². The van der Waals surface area contributed by atoms with E-state index in [0.717, 1.165) is 11.1 Å². The zero-order chi connectivity index (χ0) is 8.39. The van der Waals surface area contributed by atoms with Gasteiger partial charge in [-0.3, -0.25) is 0 Å². The molecule has 0 fully saturated rings. The van der Waals surface area contributed by atoms with Crippen LogP contribution in [-0.2, 0) is 0 Å². The molecule has 1 heterocycles. The van der Waals surface area contributed by atoms with Crippen molar-refractivity contribution >= 4 is 0 Å². The van der Waals surface area contributed by atoms with Crippen molar-refractivity contribution in [3.8, 4) is 11.4 Å². The fraction of sp³-hybridized carbons (Fsp3) is 0. The predicted octanol–water partition coefficient (Wildman–Crippen LogP) is 1.05. The number of hydrogen-bond donors (Lipinski definition) is 1. The Labute approximate surface area is 69.6 Å². The molecule has 0 spiro atoms. The fourth-order valence-corrected chi connectivity index (χ4v) is 0.944. The van der Waals surface area contributed by atoms with Crippen LogP contribution < -0.4 is 0 Å². The lowest BCUT2D eigenvalue weighted by Crippen LogP contribution is -1.80. The fourth-order valence-electron chi connectivity index (χ4n) is 0.944. The maximum Gasteiger partial charge on any atom is 0.179 e. The Morgan fingerprint density at radius 1 is 1.17 bits per heavy atom. The quantitative estimate of drug-likeness (QED) is 0.676. The van der Waals surface area contributed by atoms with Crippen molar-refractivity contribution in [1.29, 1.82) is 0 Å². The van der Waals surface area contributed by atoms with Crippen molar-refractivity contribution in [2.75, 3.05) is 0 Å². The summed E-state index contributed by atoms with van der Waals surface area (Å²) >= 11 is 0. The second kappa shape index (κ2) is 2.73. The summed E-state index contributed by atoms with van der Waals surface area (Å²) in [5, 5.41) is 13.4. The van der Waals surface area contributed by atoms with Crippen molar-refractivity contribution < 1.29 is 0 Å². The molecule has 0 amide bonds. The second-order valence-electron chi connectivity index (χ2n) is 2.45. The Kier molecular flexibility index (Phi) is 1.59. The first-order valence-electron chi connectivity index (χ1n) is 3.52. The topological polar surface area (TPSA) is 54.5 Å². The molecule has 0 bridgehead atoms. The van der Waals surface area contributed by atoms with Gasteiger partial charge in [-0.25, -0.2) is 5.10 Å². The minimum atomic E-state index is 0.676. The number of benzene rings is 1. The van der Waals surface area contributed by atoms with Gasteiger partial charge in [0.2, 0.25) is 0 Å². The molecule has 1 aromatic heterocycles. The van der Waals surface area contributed by atoms with Crippen LogP contribution in [0, 0.1) is 6.92 Å². The molecule has 2 rings (SSSR count). The van der Waals surface area contributed by atoms with E-state index in [9.17, 15) is 0 Å². The molecule has 0 aliphatic heterocycles. The van der Waals surface area contributed by atoms with Gasteiger partial charge in [-0.2, -0.15) is 0 Å². The molecule has 12 heavy (non-hydrogen) atoms. The highest BCUT2D eigenvalue weighted by molar-refractivity contribution is 5.54. The van der Waals surface area contributed by atoms with Gasteiger partial charge in [-0.15, -0.1) is 5.10 Å². The van der Waals surface area contributed by atoms with Gasteiger partial charge in [-0.1, -0.05) is 24.3 Å². The summed E-state index contributed by atoms with van der Waals surface area (Å²) < 4.78 is 0. The number of aromatic amines is 1. The van der Waals surface area contributed by atoms with E-state index in [1.54, 1.807) is 0 Å². The van der Waals surface area contributed by atoms with E-state index in [1.807, 2.05) is 24.3 Å². The minimum absolute atomic E-state index is 0.676. The van der Waals surface area contributed by atoms with Gasteiger partial charge in [0.15, 0.2) is 5.82 Å². The molecule has 0 aliphatic carbocycles. The van der Waals surface area contributed by atoms with E-state index >= 15 is 0 Å². The van der Waals surface area contributed by atoms with Gasteiger partial charge in [0, 0.05) is 5.56 Å². The van der Waals surface area contributed by atoms with E-state index < -0.39 is 0 Å². The molecule has 1 radical (unpaired) electrons. The first-order valence-corrected chi connectivity index (χ1v) is 3.52. The predicted molar refractivity (Wildman–Crippen MR) is 44.1 cm³/mol. The van der Waals surface area contributed by atoms with E-state index in [4.69, 9.17) is 0 Å². The van der Waals surface area contributed by atoms with Crippen molar-refractivity contribution in [3.05, 3.63) is 36.8 Å². The zero-order valence-corrected chi connectivity index (χ0v) is 6.36. The average molecular weight is 159 g/mol. The van der Waals surface area contributed by atoms with E-state index in [2.05, 4.69) is 27.5 Å². The Hall–Kier alpha value is -1.71. The normalized spacial score (nSPS) is 10.1. The average Bonchev–Trinajstić information content (AvgIpc) is 2.58. The third kappa shape index (κ3) is 1.18. The summed E-state index contributed by atoms with van der Waals surface area (Å²) in [5.74, 6) is 0.676. The Morgan fingerprint density at radius 3 is 2.50 bits per heavy atom.